The lowest BCUT2D eigenvalue weighted by Gasteiger charge is -2.22. The van der Waals surface area contributed by atoms with Crippen LogP contribution in [0.1, 0.15) is 33.1 Å². The SMILES string of the molecule is CCOC1=CC(C(=O)NC2CCC(C)COC2)=CCC1C(=O)O. The fourth-order valence-corrected chi connectivity index (χ4v) is 2.81. The van der Waals surface area contributed by atoms with Crippen molar-refractivity contribution in [3.63, 3.8) is 0 Å². The monoisotopic (exact) mass is 323 g/mol. The molecule has 1 fully saturated rings. The van der Waals surface area contributed by atoms with Gasteiger partial charge < -0.3 is 19.9 Å². The summed E-state index contributed by atoms with van der Waals surface area (Å²) < 4.78 is 11.0. The topological polar surface area (TPSA) is 84.9 Å². The molecule has 1 aliphatic carbocycles. The molecular formula is C17H25NO5. The zero-order valence-electron chi connectivity index (χ0n) is 13.7. The number of aliphatic carboxylic acids is 1. The smallest absolute Gasteiger partial charge is 0.314 e. The van der Waals surface area contributed by atoms with Gasteiger partial charge in [0.15, 0.2) is 0 Å². The van der Waals surface area contributed by atoms with Crippen LogP contribution in [0.15, 0.2) is 23.5 Å². The van der Waals surface area contributed by atoms with E-state index in [1.54, 1.807) is 19.1 Å². The van der Waals surface area contributed by atoms with Crippen molar-refractivity contribution in [2.75, 3.05) is 19.8 Å². The number of carboxylic acids is 1. The molecule has 1 heterocycles. The van der Waals surface area contributed by atoms with Crippen molar-refractivity contribution in [1.29, 1.82) is 0 Å². The van der Waals surface area contributed by atoms with E-state index in [4.69, 9.17) is 9.47 Å². The van der Waals surface area contributed by atoms with Gasteiger partial charge in [0, 0.05) is 12.2 Å². The van der Waals surface area contributed by atoms with Crippen molar-refractivity contribution < 1.29 is 24.2 Å². The van der Waals surface area contributed by atoms with Crippen LogP contribution >= 0.6 is 0 Å². The molecular weight excluding hydrogens is 298 g/mol. The number of nitrogens with one attached hydrogen (secondary N) is 1. The molecule has 2 N–H and O–H groups in total. The maximum atomic E-state index is 12.4. The summed E-state index contributed by atoms with van der Waals surface area (Å²) in [5.74, 6) is -1.00. The Bertz CT molecular complexity index is 511. The first-order chi connectivity index (χ1) is 11.0. The van der Waals surface area contributed by atoms with E-state index in [9.17, 15) is 14.7 Å². The number of rotatable bonds is 5. The highest BCUT2D eigenvalue weighted by atomic mass is 16.5. The molecule has 0 aromatic rings. The van der Waals surface area contributed by atoms with Crippen LogP contribution in [0.5, 0.6) is 0 Å². The number of amides is 1. The molecule has 3 unspecified atom stereocenters. The molecule has 1 saturated heterocycles. The number of allylic oxidation sites excluding steroid dienone is 1. The summed E-state index contributed by atoms with van der Waals surface area (Å²) in [6, 6.07) is -0.00510. The second-order valence-electron chi connectivity index (χ2n) is 6.16. The van der Waals surface area contributed by atoms with Crippen molar-refractivity contribution in [1.82, 2.24) is 5.32 Å². The van der Waals surface area contributed by atoms with Crippen LogP contribution in [0, 0.1) is 11.8 Å². The van der Waals surface area contributed by atoms with Gasteiger partial charge in [-0.05, 0) is 38.2 Å². The minimum Gasteiger partial charge on any atom is -0.497 e. The fraction of sp³-hybridized carbons (Fsp3) is 0.647. The van der Waals surface area contributed by atoms with Crippen LogP contribution < -0.4 is 5.32 Å². The summed E-state index contributed by atoms with van der Waals surface area (Å²) in [5.41, 5.74) is 0.461. The van der Waals surface area contributed by atoms with Gasteiger partial charge in [0.2, 0.25) is 0 Å². The number of hydrogen-bond acceptors (Lipinski definition) is 4. The molecule has 0 spiro atoms. The third-order valence-electron chi connectivity index (χ3n) is 4.15. The van der Waals surface area contributed by atoms with Crippen molar-refractivity contribution in [3.05, 3.63) is 23.5 Å². The standard InChI is InChI=1S/C17H25NO5/c1-3-23-15-8-12(5-7-14(15)17(20)21)16(19)18-13-6-4-11(2)9-22-10-13/h5,8,11,13-14H,3-4,6-7,9-10H2,1-2H3,(H,18,19)(H,20,21). The number of ether oxygens (including phenoxy) is 2. The molecule has 6 nitrogen and oxygen atoms in total. The predicted octanol–water partition coefficient (Wildman–Crippen LogP) is 1.87. The second-order valence-corrected chi connectivity index (χ2v) is 6.16. The van der Waals surface area contributed by atoms with Gasteiger partial charge in [-0.2, -0.15) is 0 Å². The molecule has 1 amide bonds. The van der Waals surface area contributed by atoms with Crippen molar-refractivity contribution in [2.24, 2.45) is 11.8 Å². The summed E-state index contributed by atoms with van der Waals surface area (Å²) in [6.45, 7) is 5.55. The zero-order chi connectivity index (χ0) is 16.8. The lowest BCUT2D eigenvalue weighted by molar-refractivity contribution is -0.141. The number of carboxylic acid groups (broad SMARTS) is 1. The Morgan fingerprint density at radius 2 is 2.17 bits per heavy atom. The van der Waals surface area contributed by atoms with Crippen LogP contribution in [0.3, 0.4) is 0 Å². The number of carbonyl (C=O) groups excluding carboxylic acids is 1. The van der Waals surface area contributed by atoms with Crippen molar-refractivity contribution in [3.8, 4) is 0 Å². The Labute approximate surface area is 136 Å². The fourth-order valence-electron chi connectivity index (χ4n) is 2.81. The first-order valence-corrected chi connectivity index (χ1v) is 8.17. The molecule has 0 saturated carbocycles. The number of carbonyl (C=O) groups is 2. The van der Waals surface area contributed by atoms with E-state index < -0.39 is 11.9 Å². The first kappa shape index (κ1) is 17.5. The molecule has 0 radical (unpaired) electrons. The Balaban J connectivity index is 2.00. The molecule has 1 aliphatic heterocycles. The molecule has 6 heteroatoms. The second kappa shape index (κ2) is 8.15. The van der Waals surface area contributed by atoms with Crippen molar-refractivity contribution in [2.45, 2.75) is 39.2 Å². The van der Waals surface area contributed by atoms with Gasteiger partial charge in [0.05, 0.1) is 19.3 Å². The maximum Gasteiger partial charge on any atom is 0.314 e. The quantitative estimate of drug-likeness (QED) is 0.807. The Morgan fingerprint density at radius 3 is 2.87 bits per heavy atom. The average molecular weight is 323 g/mol. The van der Waals surface area contributed by atoms with Crippen LogP contribution in [-0.2, 0) is 19.1 Å². The van der Waals surface area contributed by atoms with Gasteiger partial charge in [-0.3, -0.25) is 9.59 Å². The third-order valence-corrected chi connectivity index (χ3v) is 4.15. The minimum atomic E-state index is -0.938. The molecule has 2 rings (SSSR count). The molecule has 128 valence electrons. The summed E-state index contributed by atoms with van der Waals surface area (Å²) >= 11 is 0. The molecule has 0 bridgehead atoms. The lowest BCUT2D eigenvalue weighted by atomic mass is 9.94. The highest BCUT2D eigenvalue weighted by Gasteiger charge is 2.28. The highest BCUT2D eigenvalue weighted by molar-refractivity contribution is 5.97. The van der Waals surface area contributed by atoms with Crippen molar-refractivity contribution >= 4 is 11.9 Å². The van der Waals surface area contributed by atoms with Crippen LogP contribution in [0.2, 0.25) is 0 Å². The van der Waals surface area contributed by atoms with E-state index in [0.717, 1.165) is 19.4 Å². The Kier molecular flexibility index (Phi) is 6.21. The highest BCUT2D eigenvalue weighted by Crippen LogP contribution is 2.25. The summed E-state index contributed by atoms with van der Waals surface area (Å²) in [6.07, 6.45) is 5.38. The van der Waals surface area contributed by atoms with Gasteiger partial charge in [-0.25, -0.2) is 0 Å². The first-order valence-electron chi connectivity index (χ1n) is 8.17. The summed E-state index contributed by atoms with van der Waals surface area (Å²) in [7, 11) is 0. The molecule has 23 heavy (non-hydrogen) atoms. The van der Waals surface area contributed by atoms with Gasteiger partial charge in [-0.1, -0.05) is 13.0 Å². The van der Waals surface area contributed by atoms with E-state index in [0.29, 0.717) is 30.5 Å². The van der Waals surface area contributed by atoms with Crippen LogP contribution in [-0.4, -0.2) is 42.8 Å². The molecule has 2 aliphatic rings. The van der Waals surface area contributed by atoms with E-state index in [2.05, 4.69) is 12.2 Å². The summed E-state index contributed by atoms with van der Waals surface area (Å²) in [4.78, 5) is 23.6. The Hall–Kier alpha value is -1.82. The zero-order valence-corrected chi connectivity index (χ0v) is 13.7. The Morgan fingerprint density at radius 1 is 1.39 bits per heavy atom. The molecule has 0 aromatic carbocycles. The minimum absolute atomic E-state index is 0.00510. The largest absolute Gasteiger partial charge is 0.497 e. The average Bonchev–Trinajstić information content (AvgIpc) is 2.72. The van der Waals surface area contributed by atoms with Crippen LogP contribution in [0.25, 0.3) is 0 Å². The van der Waals surface area contributed by atoms with Gasteiger partial charge in [0.1, 0.15) is 11.7 Å². The van der Waals surface area contributed by atoms with E-state index >= 15 is 0 Å². The normalized spacial score (nSPS) is 28.2. The molecule has 0 aromatic heterocycles. The number of hydrogen-bond donors (Lipinski definition) is 2. The lowest BCUT2D eigenvalue weighted by Crippen LogP contribution is -2.38. The van der Waals surface area contributed by atoms with Gasteiger partial charge >= 0.3 is 5.97 Å². The van der Waals surface area contributed by atoms with Gasteiger partial charge in [0.25, 0.3) is 5.91 Å². The van der Waals surface area contributed by atoms with E-state index in [1.807, 2.05) is 0 Å². The van der Waals surface area contributed by atoms with E-state index in [-0.39, 0.29) is 18.4 Å². The molecule has 3 atom stereocenters. The maximum absolute atomic E-state index is 12.4. The third kappa shape index (κ3) is 4.82. The summed E-state index contributed by atoms with van der Waals surface area (Å²) in [5, 5.41) is 12.2. The van der Waals surface area contributed by atoms with Gasteiger partial charge in [-0.15, -0.1) is 0 Å². The predicted molar refractivity (Wildman–Crippen MR) is 84.7 cm³/mol. The van der Waals surface area contributed by atoms with Crippen LogP contribution in [0.4, 0.5) is 0 Å². The van der Waals surface area contributed by atoms with E-state index in [1.165, 1.54) is 0 Å².